The van der Waals surface area contributed by atoms with Crippen LogP contribution in [0.2, 0.25) is 10.0 Å². The predicted octanol–water partition coefficient (Wildman–Crippen LogP) is 2.71. The fraction of sp³-hybridized carbons (Fsp3) is 0.235. The van der Waals surface area contributed by atoms with Crippen LogP contribution in [0, 0.1) is 0 Å². The Morgan fingerprint density at radius 1 is 1.07 bits per heavy atom. The zero-order valence-corrected chi connectivity index (χ0v) is 17.5. The molecule has 0 spiro atoms. The Morgan fingerprint density at radius 2 is 1.82 bits per heavy atom. The van der Waals surface area contributed by atoms with Crippen molar-refractivity contribution in [2.45, 2.75) is 17.4 Å². The van der Waals surface area contributed by atoms with E-state index >= 15 is 0 Å². The van der Waals surface area contributed by atoms with E-state index in [2.05, 4.69) is 10.0 Å². The summed E-state index contributed by atoms with van der Waals surface area (Å²) in [6, 6.07) is 9.35. The van der Waals surface area contributed by atoms with Crippen LogP contribution in [0.25, 0.3) is 0 Å². The van der Waals surface area contributed by atoms with Gasteiger partial charge in [-0.2, -0.15) is 0 Å². The SMILES string of the molecule is O=C(N[C@@H]1CCS(=O)(=O)C1)c1cccc(NS(=O)(=O)c2ccc(Cl)c(Cl)c2)c1. The first kappa shape index (κ1) is 20.9. The van der Waals surface area contributed by atoms with Gasteiger partial charge in [-0.15, -0.1) is 0 Å². The number of sulfone groups is 1. The number of carbonyl (C=O) groups excluding carboxylic acids is 1. The highest BCUT2D eigenvalue weighted by molar-refractivity contribution is 7.92. The molecule has 1 heterocycles. The van der Waals surface area contributed by atoms with Crippen molar-refractivity contribution in [3.05, 3.63) is 58.1 Å². The summed E-state index contributed by atoms with van der Waals surface area (Å²) in [5.74, 6) is -0.526. The molecule has 0 aromatic heterocycles. The van der Waals surface area contributed by atoms with Crippen LogP contribution in [-0.2, 0) is 19.9 Å². The molecule has 2 aromatic rings. The largest absolute Gasteiger partial charge is 0.348 e. The first-order valence-electron chi connectivity index (χ1n) is 8.15. The molecule has 150 valence electrons. The highest BCUT2D eigenvalue weighted by atomic mass is 35.5. The second-order valence-corrected chi connectivity index (χ2v) is 11.1. The van der Waals surface area contributed by atoms with E-state index in [0.717, 1.165) is 0 Å². The molecule has 0 unspecified atom stereocenters. The van der Waals surface area contributed by atoms with E-state index in [9.17, 15) is 21.6 Å². The number of carbonyl (C=O) groups is 1. The number of rotatable bonds is 5. The number of amides is 1. The quantitative estimate of drug-likeness (QED) is 0.709. The van der Waals surface area contributed by atoms with Crippen molar-refractivity contribution in [3.63, 3.8) is 0 Å². The number of sulfonamides is 1. The van der Waals surface area contributed by atoms with Crippen molar-refractivity contribution in [1.82, 2.24) is 5.32 Å². The van der Waals surface area contributed by atoms with E-state index in [1.54, 1.807) is 0 Å². The molecular weight excluding hydrogens is 447 g/mol. The first-order chi connectivity index (χ1) is 13.1. The summed E-state index contributed by atoms with van der Waals surface area (Å²) in [6.07, 6.45) is 0.359. The van der Waals surface area contributed by atoms with Crippen molar-refractivity contribution in [2.75, 3.05) is 16.2 Å². The molecule has 2 aromatic carbocycles. The maximum Gasteiger partial charge on any atom is 0.261 e. The van der Waals surface area contributed by atoms with Gasteiger partial charge in [-0.25, -0.2) is 16.8 Å². The average Bonchev–Trinajstić information content (AvgIpc) is 2.95. The topological polar surface area (TPSA) is 109 Å². The van der Waals surface area contributed by atoms with Crippen molar-refractivity contribution < 1.29 is 21.6 Å². The molecule has 11 heteroatoms. The number of nitrogens with one attached hydrogen (secondary N) is 2. The van der Waals surface area contributed by atoms with Crippen LogP contribution in [0.5, 0.6) is 0 Å². The second-order valence-electron chi connectivity index (χ2n) is 6.34. The van der Waals surface area contributed by atoms with Gasteiger partial charge in [0.1, 0.15) is 0 Å². The van der Waals surface area contributed by atoms with Crippen molar-refractivity contribution in [2.24, 2.45) is 0 Å². The Morgan fingerprint density at radius 3 is 2.46 bits per heavy atom. The molecule has 1 saturated heterocycles. The number of benzene rings is 2. The lowest BCUT2D eigenvalue weighted by molar-refractivity contribution is 0.0941. The van der Waals surface area contributed by atoms with E-state index in [1.165, 1.54) is 42.5 Å². The van der Waals surface area contributed by atoms with E-state index in [1.807, 2.05) is 0 Å². The number of hydrogen-bond acceptors (Lipinski definition) is 5. The third-order valence-corrected chi connectivity index (χ3v) is 8.03. The van der Waals surface area contributed by atoms with E-state index in [-0.39, 0.29) is 37.7 Å². The van der Waals surface area contributed by atoms with Gasteiger partial charge in [0.15, 0.2) is 9.84 Å². The maximum absolute atomic E-state index is 12.5. The summed E-state index contributed by atoms with van der Waals surface area (Å²) >= 11 is 11.7. The standard InChI is InChI=1S/C17H16Cl2N2O5S2/c18-15-5-4-14(9-16(15)19)28(25,26)21-12-3-1-2-11(8-12)17(22)20-13-6-7-27(23,24)10-13/h1-5,8-9,13,21H,6-7,10H2,(H,20,22)/t13-/m1/s1. The summed E-state index contributed by atoms with van der Waals surface area (Å²) in [5.41, 5.74) is 0.386. The van der Waals surface area contributed by atoms with Gasteiger partial charge in [-0.05, 0) is 42.8 Å². The normalized spacial score (nSPS) is 18.6. The average molecular weight is 463 g/mol. The zero-order chi connectivity index (χ0) is 20.5. The lowest BCUT2D eigenvalue weighted by Crippen LogP contribution is -2.35. The lowest BCUT2D eigenvalue weighted by atomic mass is 10.1. The highest BCUT2D eigenvalue weighted by Crippen LogP contribution is 2.26. The van der Waals surface area contributed by atoms with Gasteiger partial charge in [-0.1, -0.05) is 29.3 Å². The van der Waals surface area contributed by atoms with Gasteiger partial charge in [0.05, 0.1) is 26.4 Å². The van der Waals surface area contributed by atoms with E-state index in [4.69, 9.17) is 23.2 Å². The number of halogens is 2. The fourth-order valence-corrected chi connectivity index (χ4v) is 5.87. The van der Waals surface area contributed by atoms with E-state index < -0.39 is 31.8 Å². The molecule has 7 nitrogen and oxygen atoms in total. The van der Waals surface area contributed by atoms with Crippen LogP contribution in [0.1, 0.15) is 16.8 Å². The molecule has 28 heavy (non-hydrogen) atoms. The minimum Gasteiger partial charge on any atom is -0.348 e. The second kappa shape index (κ2) is 7.90. The molecule has 1 atom stereocenters. The molecule has 0 bridgehead atoms. The third kappa shape index (κ3) is 4.96. The molecular formula is C17H16Cl2N2O5S2. The Bertz CT molecular complexity index is 1130. The maximum atomic E-state index is 12.5. The third-order valence-electron chi connectivity index (χ3n) is 4.15. The summed E-state index contributed by atoms with van der Waals surface area (Å²) in [6.45, 7) is 0. The van der Waals surface area contributed by atoms with Crippen LogP contribution >= 0.6 is 23.2 Å². The van der Waals surface area contributed by atoms with Gasteiger partial charge in [0.25, 0.3) is 15.9 Å². The monoisotopic (exact) mass is 462 g/mol. The Balaban J connectivity index is 1.75. The van der Waals surface area contributed by atoms with Gasteiger partial charge in [0.2, 0.25) is 0 Å². The highest BCUT2D eigenvalue weighted by Gasteiger charge is 2.29. The molecule has 1 amide bonds. The van der Waals surface area contributed by atoms with Gasteiger partial charge >= 0.3 is 0 Å². The summed E-state index contributed by atoms with van der Waals surface area (Å²) < 4.78 is 50.4. The first-order valence-corrected chi connectivity index (χ1v) is 12.2. The van der Waals surface area contributed by atoms with Gasteiger partial charge in [-0.3, -0.25) is 9.52 Å². The molecule has 1 aliphatic heterocycles. The molecule has 1 fully saturated rings. The minimum absolute atomic E-state index is 0.0431. The number of anilines is 1. The lowest BCUT2D eigenvalue weighted by Gasteiger charge is -2.13. The van der Waals surface area contributed by atoms with Gasteiger partial charge < -0.3 is 5.32 Å². The number of hydrogen-bond donors (Lipinski definition) is 2. The van der Waals surface area contributed by atoms with E-state index in [0.29, 0.717) is 6.42 Å². The Kier molecular flexibility index (Phi) is 5.90. The van der Waals surface area contributed by atoms with Crippen molar-refractivity contribution in [1.29, 1.82) is 0 Å². The molecule has 1 aliphatic rings. The van der Waals surface area contributed by atoms with Crippen LogP contribution in [0.3, 0.4) is 0 Å². The molecule has 2 N–H and O–H groups in total. The van der Waals surface area contributed by atoms with Crippen LogP contribution in [0.15, 0.2) is 47.4 Å². The van der Waals surface area contributed by atoms with Crippen molar-refractivity contribution >= 4 is 54.7 Å². The molecule has 0 aliphatic carbocycles. The van der Waals surface area contributed by atoms with Gasteiger partial charge in [0, 0.05) is 17.3 Å². The predicted molar refractivity (Wildman–Crippen MR) is 108 cm³/mol. The molecule has 0 saturated carbocycles. The fourth-order valence-electron chi connectivity index (χ4n) is 2.76. The zero-order valence-electron chi connectivity index (χ0n) is 14.4. The smallest absolute Gasteiger partial charge is 0.261 e. The molecule has 0 radical (unpaired) electrons. The van der Waals surface area contributed by atoms with Crippen molar-refractivity contribution in [3.8, 4) is 0 Å². The summed E-state index contributed by atoms with van der Waals surface area (Å²) in [5, 5.41) is 2.99. The minimum atomic E-state index is -3.94. The van der Waals surface area contributed by atoms with Crippen LogP contribution in [0.4, 0.5) is 5.69 Å². The molecule has 3 rings (SSSR count). The van der Waals surface area contributed by atoms with Crippen LogP contribution < -0.4 is 10.0 Å². The summed E-state index contributed by atoms with van der Waals surface area (Å²) in [7, 11) is -7.06. The summed E-state index contributed by atoms with van der Waals surface area (Å²) in [4.78, 5) is 12.3. The van der Waals surface area contributed by atoms with Crippen LogP contribution in [-0.4, -0.2) is 40.3 Å². The Labute approximate surface area is 173 Å². The Hall–Kier alpha value is -1.81.